The van der Waals surface area contributed by atoms with Gasteiger partial charge in [-0.15, -0.1) is 0 Å². The number of rotatable bonds is 6. The number of nitrogens with zero attached hydrogens (tertiary/aromatic N) is 3. The number of carbonyl (C=O) groups excluding carboxylic acids is 1. The number of urea groups is 1. The molecule has 0 aliphatic carbocycles. The molecule has 0 aliphatic rings. The van der Waals surface area contributed by atoms with Crippen LogP contribution < -0.4 is 10.2 Å². The summed E-state index contributed by atoms with van der Waals surface area (Å²) in [5.41, 5.74) is 1.83. The SMILES string of the molecule is CC(CN(C)C(=O)NCc1cc(N(C)C)nc2ccccc12)C(=O)O. The summed E-state index contributed by atoms with van der Waals surface area (Å²) in [6.45, 7) is 2.07. The first kappa shape index (κ1) is 18.5. The molecule has 1 aromatic carbocycles. The highest BCUT2D eigenvalue weighted by atomic mass is 16.4. The topological polar surface area (TPSA) is 85.8 Å². The summed E-state index contributed by atoms with van der Waals surface area (Å²) in [6.07, 6.45) is 0. The van der Waals surface area contributed by atoms with Crippen molar-refractivity contribution in [1.82, 2.24) is 15.2 Å². The summed E-state index contributed by atoms with van der Waals surface area (Å²) >= 11 is 0. The van der Waals surface area contributed by atoms with Crippen LogP contribution in [0.3, 0.4) is 0 Å². The Kier molecular flexibility index (Phi) is 5.80. The van der Waals surface area contributed by atoms with Gasteiger partial charge in [0.15, 0.2) is 0 Å². The van der Waals surface area contributed by atoms with Crippen LogP contribution in [0.1, 0.15) is 12.5 Å². The van der Waals surface area contributed by atoms with Gasteiger partial charge in [0.2, 0.25) is 0 Å². The van der Waals surface area contributed by atoms with Gasteiger partial charge in [-0.2, -0.15) is 0 Å². The average molecular weight is 344 g/mol. The lowest BCUT2D eigenvalue weighted by molar-refractivity contribution is -0.141. The molecular weight excluding hydrogens is 320 g/mol. The van der Waals surface area contributed by atoms with E-state index in [2.05, 4.69) is 10.3 Å². The van der Waals surface area contributed by atoms with E-state index < -0.39 is 11.9 Å². The minimum Gasteiger partial charge on any atom is -0.481 e. The first-order chi connectivity index (χ1) is 11.8. The molecule has 1 unspecified atom stereocenters. The van der Waals surface area contributed by atoms with Gasteiger partial charge in [0.25, 0.3) is 0 Å². The molecule has 2 amide bonds. The van der Waals surface area contributed by atoms with Crippen LogP contribution in [0.4, 0.5) is 10.6 Å². The van der Waals surface area contributed by atoms with Crippen LogP contribution in [0, 0.1) is 5.92 Å². The predicted molar refractivity (Wildman–Crippen MR) is 97.7 cm³/mol. The van der Waals surface area contributed by atoms with E-state index in [0.29, 0.717) is 6.54 Å². The predicted octanol–water partition coefficient (Wildman–Crippen LogP) is 2.16. The highest BCUT2D eigenvalue weighted by Gasteiger charge is 2.17. The normalized spacial score (nSPS) is 11.8. The Labute approximate surface area is 147 Å². The largest absolute Gasteiger partial charge is 0.481 e. The molecule has 1 heterocycles. The molecule has 134 valence electrons. The van der Waals surface area contributed by atoms with Crippen molar-refractivity contribution in [2.45, 2.75) is 13.5 Å². The Morgan fingerprint density at radius 1 is 1.24 bits per heavy atom. The number of amides is 2. The van der Waals surface area contributed by atoms with E-state index in [9.17, 15) is 9.59 Å². The molecule has 0 bridgehead atoms. The fourth-order valence-corrected chi connectivity index (χ4v) is 2.48. The maximum absolute atomic E-state index is 12.2. The van der Waals surface area contributed by atoms with Gasteiger partial charge >= 0.3 is 12.0 Å². The number of hydrogen-bond acceptors (Lipinski definition) is 4. The average Bonchev–Trinajstić information content (AvgIpc) is 2.58. The Balaban J connectivity index is 2.14. The molecule has 7 heteroatoms. The van der Waals surface area contributed by atoms with Crippen LogP contribution in [0.15, 0.2) is 30.3 Å². The molecule has 0 fully saturated rings. The number of nitrogens with one attached hydrogen (secondary N) is 1. The Morgan fingerprint density at radius 3 is 2.56 bits per heavy atom. The zero-order chi connectivity index (χ0) is 18.6. The van der Waals surface area contributed by atoms with E-state index in [4.69, 9.17) is 5.11 Å². The lowest BCUT2D eigenvalue weighted by Crippen LogP contribution is -2.40. The van der Waals surface area contributed by atoms with Gasteiger partial charge in [0, 0.05) is 39.6 Å². The van der Waals surface area contributed by atoms with Gasteiger partial charge in [-0.25, -0.2) is 9.78 Å². The molecule has 0 aliphatic heterocycles. The summed E-state index contributed by atoms with van der Waals surface area (Å²) in [5, 5.41) is 12.8. The van der Waals surface area contributed by atoms with E-state index in [1.54, 1.807) is 14.0 Å². The second-order valence-corrected chi connectivity index (χ2v) is 6.33. The second-order valence-electron chi connectivity index (χ2n) is 6.33. The second kappa shape index (κ2) is 7.83. The van der Waals surface area contributed by atoms with Crippen molar-refractivity contribution < 1.29 is 14.7 Å². The number of benzene rings is 1. The number of aromatic nitrogens is 1. The summed E-state index contributed by atoms with van der Waals surface area (Å²) in [7, 11) is 5.42. The van der Waals surface area contributed by atoms with Gasteiger partial charge in [-0.05, 0) is 17.7 Å². The molecule has 2 aromatic rings. The lowest BCUT2D eigenvalue weighted by atomic mass is 10.1. The van der Waals surface area contributed by atoms with Crippen LogP contribution in [0.5, 0.6) is 0 Å². The molecule has 1 atom stereocenters. The van der Waals surface area contributed by atoms with Gasteiger partial charge in [0.1, 0.15) is 5.82 Å². The van der Waals surface area contributed by atoms with Gasteiger partial charge in [-0.1, -0.05) is 25.1 Å². The number of aliphatic carboxylic acids is 1. The Hall–Kier alpha value is -2.83. The van der Waals surface area contributed by atoms with E-state index in [1.165, 1.54) is 4.90 Å². The molecule has 2 N–H and O–H groups in total. The number of anilines is 1. The zero-order valence-electron chi connectivity index (χ0n) is 15.0. The summed E-state index contributed by atoms with van der Waals surface area (Å²) in [4.78, 5) is 31.0. The van der Waals surface area contributed by atoms with E-state index in [0.717, 1.165) is 22.3 Å². The summed E-state index contributed by atoms with van der Waals surface area (Å²) in [6, 6.07) is 9.42. The van der Waals surface area contributed by atoms with Crippen molar-refractivity contribution in [3.63, 3.8) is 0 Å². The third kappa shape index (κ3) is 4.59. The number of carbonyl (C=O) groups is 2. The van der Waals surface area contributed by atoms with Gasteiger partial charge in [-0.3, -0.25) is 4.79 Å². The number of pyridine rings is 1. The Morgan fingerprint density at radius 2 is 1.92 bits per heavy atom. The number of fused-ring (bicyclic) bond motifs is 1. The fraction of sp³-hybridized carbons (Fsp3) is 0.389. The maximum atomic E-state index is 12.2. The van der Waals surface area contributed by atoms with Crippen molar-refractivity contribution in [2.24, 2.45) is 5.92 Å². The van der Waals surface area contributed by atoms with Crippen LogP contribution in [-0.2, 0) is 11.3 Å². The molecule has 2 rings (SSSR count). The van der Waals surface area contributed by atoms with Crippen molar-refractivity contribution >= 4 is 28.7 Å². The molecule has 1 aromatic heterocycles. The summed E-state index contributed by atoms with van der Waals surface area (Å²) < 4.78 is 0. The molecule has 0 radical (unpaired) electrons. The third-order valence-electron chi connectivity index (χ3n) is 3.99. The minimum atomic E-state index is -0.921. The van der Waals surface area contributed by atoms with Crippen LogP contribution in [0.2, 0.25) is 0 Å². The van der Waals surface area contributed by atoms with Crippen molar-refractivity contribution in [3.05, 3.63) is 35.9 Å². The minimum absolute atomic E-state index is 0.154. The number of carboxylic acid groups (broad SMARTS) is 1. The van der Waals surface area contributed by atoms with E-state index >= 15 is 0 Å². The van der Waals surface area contributed by atoms with E-state index in [-0.39, 0.29) is 12.6 Å². The van der Waals surface area contributed by atoms with Gasteiger partial charge in [0.05, 0.1) is 11.4 Å². The van der Waals surface area contributed by atoms with E-state index in [1.807, 2.05) is 49.3 Å². The molecule has 25 heavy (non-hydrogen) atoms. The van der Waals surface area contributed by atoms with Crippen molar-refractivity contribution in [1.29, 1.82) is 0 Å². The van der Waals surface area contributed by atoms with Crippen LogP contribution >= 0.6 is 0 Å². The maximum Gasteiger partial charge on any atom is 0.317 e. The molecule has 0 spiro atoms. The zero-order valence-corrected chi connectivity index (χ0v) is 15.0. The first-order valence-corrected chi connectivity index (χ1v) is 8.07. The van der Waals surface area contributed by atoms with Crippen molar-refractivity contribution in [2.75, 3.05) is 32.6 Å². The van der Waals surface area contributed by atoms with Crippen molar-refractivity contribution in [3.8, 4) is 0 Å². The standard InChI is InChI=1S/C18H24N4O3/c1-12(17(23)24)11-22(4)18(25)19-10-13-9-16(21(2)3)20-15-8-6-5-7-14(13)15/h5-9,12H,10-11H2,1-4H3,(H,19,25)(H,23,24). The fourth-order valence-electron chi connectivity index (χ4n) is 2.48. The highest BCUT2D eigenvalue weighted by molar-refractivity contribution is 5.84. The lowest BCUT2D eigenvalue weighted by Gasteiger charge is -2.21. The molecular formula is C18H24N4O3. The third-order valence-corrected chi connectivity index (χ3v) is 3.99. The molecule has 0 saturated heterocycles. The number of carboxylic acids is 1. The van der Waals surface area contributed by atoms with Gasteiger partial charge < -0.3 is 20.2 Å². The molecule has 7 nitrogen and oxygen atoms in total. The Bertz CT molecular complexity index is 776. The van der Waals surface area contributed by atoms with Crippen LogP contribution in [-0.4, -0.2) is 54.7 Å². The molecule has 0 saturated carbocycles. The number of para-hydroxylation sites is 1. The van der Waals surface area contributed by atoms with Crippen LogP contribution in [0.25, 0.3) is 10.9 Å². The smallest absolute Gasteiger partial charge is 0.317 e. The quantitative estimate of drug-likeness (QED) is 0.839. The monoisotopic (exact) mass is 344 g/mol. The highest BCUT2D eigenvalue weighted by Crippen LogP contribution is 2.22. The summed E-state index contributed by atoms with van der Waals surface area (Å²) in [5.74, 6) is -0.718. The first-order valence-electron chi connectivity index (χ1n) is 8.07. The number of hydrogen-bond donors (Lipinski definition) is 2.